The second kappa shape index (κ2) is 2.45. The highest BCUT2D eigenvalue weighted by Crippen LogP contribution is 2.23. The minimum absolute atomic E-state index is 0.0244. The lowest BCUT2D eigenvalue weighted by Gasteiger charge is -2.12. The van der Waals surface area contributed by atoms with E-state index in [0.29, 0.717) is 0 Å². The Morgan fingerprint density at radius 3 is 2.18 bits per heavy atom. The number of hydrogen-bond donors (Lipinski definition) is 2. The van der Waals surface area contributed by atoms with Crippen LogP contribution in [-0.4, -0.2) is 22.3 Å². The van der Waals surface area contributed by atoms with Crippen LogP contribution in [-0.2, 0) is 9.53 Å². The number of esters is 1. The van der Waals surface area contributed by atoms with Gasteiger partial charge in [0, 0.05) is 0 Å². The molecule has 0 saturated heterocycles. The van der Waals surface area contributed by atoms with Crippen molar-refractivity contribution in [3.8, 4) is 0 Å². The van der Waals surface area contributed by atoms with Gasteiger partial charge in [-0.25, -0.2) is 4.79 Å². The van der Waals surface area contributed by atoms with E-state index in [-0.39, 0.29) is 11.7 Å². The number of ether oxygens (including phenoxy) is 1. The van der Waals surface area contributed by atoms with Crippen LogP contribution >= 0.6 is 0 Å². The molecule has 11 heavy (non-hydrogen) atoms. The summed E-state index contributed by atoms with van der Waals surface area (Å²) in [5.41, 5.74) is 0. The topological polar surface area (TPSA) is 66.8 Å². The number of aliphatic hydroxyl groups is 2. The van der Waals surface area contributed by atoms with Gasteiger partial charge in [-0.1, -0.05) is 13.8 Å². The van der Waals surface area contributed by atoms with Gasteiger partial charge in [-0.15, -0.1) is 0 Å². The summed E-state index contributed by atoms with van der Waals surface area (Å²) in [6.45, 7) is 3.57. The minimum atomic E-state index is -0.846. The van der Waals surface area contributed by atoms with Crippen molar-refractivity contribution < 1.29 is 19.7 Å². The monoisotopic (exact) mass is 158 g/mol. The van der Waals surface area contributed by atoms with Gasteiger partial charge in [-0.05, 0) is 5.92 Å². The van der Waals surface area contributed by atoms with Crippen LogP contribution in [0.4, 0.5) is 0 Å². The van der Waals surface area contributed by atoms with Crippen molar-refractivity contribution >= 4 is 5.97 Å². The van der Waals surface area contributed by atoms with Crippen LogP contribution in [0.15, 0.2) is 11.5 Å². The maximum atomic E-state index is 10.6. The van der Waals surface area contributed by atoms with E-state index in [4.69, 9.17) is 10.2 Å². The highest BCUT2D eigenvalue weighted by atomic mass is 16.6. The summed E-state index contributed by atoms with van der Waals surface area (Å²) in [6, 6.07) is 0. The van der Waals surface area contributed by atoms with E-state index in [1.54, 1.807) is 13.8 Å². The number of rotatable bonds is 1. The molecule has 0 radical (unpaired) electrons. The predicted molar refractivity (Wildman–Crippen MR) is 37.0 cm³/mol. The van der Waals surface area contributed by atoms with Crippen molar-refractivity contribution in [3.63, 3.8) is 0 Å². The van der Waals surface area contributed by atoms with Crippen molar-refractivity contribution in [2.45, 2.75) is 20.0 Å². The maximum absolute atomic E-state index is 10.6. The second-order valence-corrected chi connectivity index (χ2v) is 2.80. The van der Waals surface area contributed by atoms with Crippen molar-refractivity contribution in [3.05, 3.63) is 11.5 Å². The lowest BCUT2D eigenvalue weighted by Crippen LogP contribution is -2.18. The maximum Gasteiger partial charge on any atom is 0.377 e. The van der Waals surface area contributed by atoms with Gasteiger partial charge in [0.15, 0.2) is 11.9 Å². The largest absolute Gasteiger partial charge is 0.505 e. The molecule has 0 aromatic rings. The summed E-state index contributed by atoms with van der Waals surface area (Å²) < 4.78 is 4.63. The Labute approximate surface area is 64.1 Å². The summed E-state index contributed by atoms with van der Waals surface area (Å²) >= 11 is 0. The molecule has 1 rings (SSSR count). The molecule has 1 aliphatic heterocycles. The van der Waals surface area contributed by atoms with E-state index in [1.165, 1.54) is 0 Å². The Balaban J connectivity index is 2.86. The Morgan fingerprint density at radius 1 is 1.45 bits per heavy atom. The average molecular weight is 158 g/mol. The van der Waals surface area contributed by atoms with Crippen LogP contribution < -0.4 is 0 Å². The average Bonchev–Trinajstić information content (AvgIpc) is 2.17. The van der Waals surface area contributed by atoms with E-state index < -0.39 is 17.8 Å². The summed E-state index contributed by atoms with van der Waals surface area (Å²) in [4.78, 5) is 10.6. The zero-order chi connectivity index (χ0) is 8.59. The van der Waals surface area contributed by atoms with E-state index in [9.17, 15) is 4.79 Å². The van der Waals surface area contributed by atoms with Crippen molar-refractivity contribution in [2.75, 3.05) is 0 Å². The van der Waals surface area contributed by atoms with Crippen molar-refractivity contribution in [1.29, 1.82) is 0 Å². The van der Waals surface area contributed by atoms with Crippen LogP contribution in [0.5, 0.6) is 0 Å². The molecule has 62 valence electrons. The molecule has 0 spiro atoms. The molecule has 4 nitrogen and oxygen atoms in total. The Hall–Kier alpha value is -1.19. The second-order valence-electron chi connectivity index (χ2n) is 2.80. The van der Waals surface area contributed by atoms with Crippen molar-refractivity contribution in [1.82, 2.24) is 0 Å². The molecular formula is C7H10O4. The first kappa shape index (κ1) is 7.91. The molecule has 0 amide bonds. The van der Waals surface area contributed by atoms with Crippen LogP contribution in [0.25, 0.3) is 0 Å². The molecule has 2 N–H and O–H groups in total. The first-order valence-corrected chi connectivity index (χ1v) is 3.37. The number of carbonyl (C=O) groups is 1. The van der Waals surface area contributed by atoms with E-state index in [2.05, 4.69) is 4.74 Å². The third-order valence-corrected chi connectivity index (χ3v) is 1.54. The predicted octanol–water partition coefficient (Wildman–Crippen LogP) is 0.895. The summed E-state index contributed by atoms with van der Waals surface area (Å²) in [5.74, 6) is -1.89. The molecule has 1 heterocycles. The molecule has 0 unspecified atom stereocenters. The quantitative estimate of drug-likeness (QED) is 0.556. The standard InChI is InChI=1S/C7H10O4/c1-3(2)6-4(8)5(9)7(10)11-6/h3,6,8-9H,1-2H3/t6-/m1/s1. The highest BCUT2D eigenvalue weighted by Gasteiger charge is 2.36. The third kappa shape index (κ3) is 1.15. The first-order chi connectivity index (χ1) is 5.04. The van der Waals surface area contributed by atoms with Gasteiger partial charge in [-0.2, -0.15) is 0 Å². The van der Waals surface area contributed by atoms with Gasteiger partial charge in [0.1, 0.15) is 0 Å². The van der Waals surface area contributed by atoms with Crippen LogP contribution in [0.1, 0.15) is 13.8 Å². The molecule has 0 aliphatic carbocycles. The normalized spacial score (nSPS) is 24.6. The lowest BCUT2D eigenvalue weighted by molar-refractivity contribution is -0.143. The van der Waals surface area contributed by atoms with E-state index >= 15 is 0 Å². The van der Waals surface area contributed by atoms with Gasteiger partial charge >= 0.3 is 5.97 Å². The fourth-order valence-corrected chi connectivity index (χ4v) is 0.918. The molecule has 0 aromatic heterocycles. The number of carbonyl (C=O) groups excluding carboxylic acids is 1. The van der Waals surface area contributed by atoms with Gasteiger partial charge in [0.05, 0.1) is 0 Å². The number of hydrogen-bond acceptors (Lipinski definition) is 4. The molecule has 0 fully saturated rings. The Bertz CT molecular complexity index is 216. The molecule has 1 aliphatic rings. The minimum Gasteiger partial charge on any atom is -0.505 e. The van der Waals surface area contributed by atoms with Crippen molar-refractivity contribution in [2.24, 2.45) is 5.92 Å². The van der Waals surface area contributed by atoms with Gasteiger partial charge in [0.2, 0.25) is 5.76 Å². The zero-order valence-corrected chi connectivity index (χ0v) is 6.37. The van der Waals surface area contributed by atoms with Gasteiger partial charge in [-0.3, -0.25) is 0 Å². The van der Waals surface area contributed by atoms with Crippen LogP contribution in [0.3, 0.4) is 0 Å². The SMILES string of the molecule is CC(C)[C@H]1OC(=O)C(O)=C1O. The first-order valence-electron chi connectivity index (χ1n) is 3.37. The molecule has 1 atom stereocenters. The third-order valence-electron chi connectivity index (χ3n) is 1.54. The van der Waals surface area contributed by atoms with E-state index in [0.717, 1.165) is 0 Å². The molecular weight excluding hydrogens is 148 g/mol. The molecule has 0 bridgehead atoms. The molecule has 0 aromatic carbocycles. The van der Waals surface area contributed by atoms with Crippen LogP contribution in [0, 0.1) is 5.92 Å². The number of cyclic esters (lactones) is 1. The van der Waals surface area contributed by atoms with E-state index in [1.807, 2.05) is 0 Å². The number of aliphatic hydroxyl groups excluding tert-OH is 2. The van der Waals surface area contributed by atoms with Gasteiger partial charge in [0.25, 0.3) is 0 Å². The fraction of sp³-hybridized carbons (Fsp3) is 0.571. The smallest absolute Gasteiger partial charge is 0.377 e. The van der Waals surface area contributed by atoms with Crippen LogP contribution in [0.2, 0.25) is 0 Å². The zero-order valence-electron chi connectivity index (χ0n) is 6.37. The highest BCUT2D eigenvalue weighted by molar-refractivity contribution is 5.89. The molecule has 0 saturated carbocycles. The fourth-order valence-electron chi connectivity index (χ4n) is 0.918. The summed E-state index contributed by atoms with van der Waals surface area (Å²) in [5, 5.41) is 17.9. The lowest BCUT2D eigenvalue weighted by atomic mass is 10.1. The summed E-state index contributed by atoms with van der Waals surface area (Å²) in [7, 11) is 0. The molecule has 4 heteroatoms. The Morgan fingerprint density at radius 2 is 2.00 bits per heavy atom. The summed E-state index contributed by atoms with van der Waals surface area (Å²) in [6.07, 6.45) is -0.678. The van der Waals surface area contributed by atoms with Gasteiger partial charge < -0.3 is 14.9 Å². The Kier molecular flexibility index (Phi) is 1.76.